The van der Waals surface area contributed by atoms with Gasteiger partial charge in [0.15, 0.2) is 0 Å². The average Bonchev–Trinajstić information content (AvgIpc) is 3.26. The molecule has 1 atom stereocenters. The molecule has 0 bridgehead atoms. The molecule has 3 heterocycles. The Labute approximate surface area is 182 Å². The van der Waals surface area contributed by atoms with Crippen molar-refractivity contribution in [3.05, 3.63) is 29.5 Å². The van der Waals surface area contributed by atoms with Gasteiger partial charge < -0.3 is 25.5 Å². The van der Waals surface area contributed by atoms with Crippen LogP contribution in [0.25, 0.3) is 0 Å². The number of ether oxygens (including phenoxy) is 1. The Morgan fingerprint density at radius 1 is 1.29 bits per heavy atom. The first kappa shape index (κ1) is 20.5. The number of nitrogens with one attached hydrogen (secondary N) is 3. The summed E-state index contributed by atoms with van der Waals surface area (Å²) in [6, 6.07) is 4.03. The first-order chi connectivity index (χ1) is 15.0. The lowest BCUT2D eigenvalue weighted by atomic mass is 9.57. The summed E-state index contributed by atoms with van der Waals surface area (Å²) in [5, 5.41) is 30.2. The fourth-order valence-corrected chi connectivity index (χ4v) is 5.48. The van der Waals surface area contributed by atoms with E-state index >= 15 is 0 Å². The van der Waals surface area contributed by atoms with Gasteiger partial charge in [0.25, 0.3) is 0 Å². The van der Waals surface area contributed by atoms with Crippen LogP contribution in [0.5, 0.6) is 0 Å². The summed E-state index contributed by atoms with van der Waals surface area (Å²) >= 11 is 0. The molecule has 5 rings (SSSR count). The van der Waals surface area contributed by atoms with Crippen molar-refractivity contribution in [1.29, 1.82) is 5.41 Å². The van der Waals surface area contributed by atoms with E-state index in [1.54, 1.807) is 6.20 Å². The van der Waals surface area contributed by atoms with Gasteiger partial charge >= 0.3 is 0 Å². The van der Waals surface area contributed by atoms with Gasteiger partial charge in [0.05, 0.1) is 31.1 Å². The molecule has 1 saturated heterocycles. The Hall–Kier alpha value is -2.45. The second-order valence-electron chi connectivity index (χ2n) is 9.53. The predicted octanol–water partition coefficient (Wildman–Crippen LogP) is 3.70. The minimum absolute atomic E-state index is 0.194. The standard InChI is InChI=1S/C23H32N6O2/c1-16-15-31-12-11-29(16)20-13-18(23(30)8-6-22(7-9-23)4-2-5-22)17(14-24)21(27-20)26-19-3-10-25-28-19/h3,10,13-14,16,24,30H,2,4-9,11-12,15H2,1H3,(H2,25,26,27,28)/t16-/m1/s1. The molecule has 166 valence electrons. The second-order valence-corrected chi connectivity index (χ2v) is 9.53. The highest BCUT2D eigenvalue weighted by Gasteiger charge is 2.46. The molecule has 0 radical (unpaired) electrons. The number of aliphatic hydroxyl groups is 1. The molecule has 2 aliphatic carbocycles. The zero-order valence-electron chi connectivity index (χ0n) is 18.2. The lowest BCUT2D eigenvalue weighted by Gasteiger charge is -2.50. The van der Waals surface area contributed by atoms with Crippen molar-refractivity contribution < 1.29 is 9.84 Å². The Balaban J connectivity index is 1.56. The van der Waals surface area contributed by atoms with Crippen molar-refractivity contribution >= 4 is 23.7 Å². The summed E-state index contributed by atoms with van der Waals surface area (Å²) in [6.07, 6.45) is 10.5. The van der Waals surface area contributed by atoms with Crippen molar-refractivity contribution in [2.75, 3.05) is 30.0 Å². The first-order valence-corrected chi connectivity index (χ1v) is 11.4. The van der Waals surface area contributed by atoms with Gasteiger partial charge in [0.1, 0.15) is 17.5 Å². The maximum atomic E-state index is 11.8. The van der Waals surface area contributed by atoms with E-state index in [2.05, 4.69) is 27.3 Å². The van der Waals surface area contributed by atoms with Crippen LogP contribution in [0.1, 0.15) is 63.0 Å². The maximum Gasteiger partial charge on any atom is 0.143 e. The Kier molecular flexibility index (Phi) is 5.22. The number of hydrogen-bond donors (Lipinski definition) is 4. The second kappa shape index (κ2) is 7.91. The van der Waals surface area contributed by atoms with E-state index in [1.165, 1.54) is 25.5 Å². The van der Waals surface area contributed by atoms with E-state index in [9.17, 15) is 5.11 Å². The fourth-order valence-electron chi connectivity index (χ4n) is 5.48. The number of hydrogen-bond acceptors (Lipinski definition) is 7. The van der Waals surface area contributed by atoms with E-state index in [4.69, 9.17) is 15.1 Å². The van der Waals surface area contributed by atoms with Gasteiger partial charge in [0.2, 0.25) is 0 Å². The van der Waals surface area contributed by atoms with Crippen LogP contribution >= 0.6 is 0 Å². The molecule has 8 nitrogen and oxygen atoms in total. The van der Waals surface area contributed by atoms with Crippen LogP contribution in [0, 0.1) is 10.8 Å². The molecule has 1 spiro atoms. The largest absolute Gasteiger partial charge is 0.385 e. The zero-order valence-corrected chi connectivity index (χ0v) is 18.2. The average molecular weight is 425 g/mol. The number of anilines is 3. The van der Waals surface area contributed by atoms with Crippen molar-refractivity contribution in [3.63, 3.8) is 0 Å². The molecular weight excluding hydrogens is 392 g/mol. The summed E-state index contributed by atoms with van der Waals surface area (Å²) in [4.78, 5) is 7.12. The Bertz CT molecular complexity index is 930. The molecular formula is C23H32N6O2. The van der Waals surface area contributed by atoms with E-state index in [-0.39, 0.29) is 6.04 Å². The monoisotopic (exact) mass is 424 g/mol. The van der Waals surface area contributed by atoms with Gasteiger partial charge in [-0.05, 0) is 62.5 Å². The summed E-state index contributed by atoms with van der Waals surface area (Å²) < 4.78 is 5.62. The molecule has 2 saturated carbocycles. The van der Waals surface area contributed by atoms with Gasteiger partial charge in [-0.3, -0.25) is 5.10 Å². The van der Waals surface area contributed by atoms with Crippen LogP contribution in [-0.4, -0.2) is 52.3 Å². The lowest BCUT2D eigenvalue weighted by Crippen LogP contribution is -2.45. The number of nitrogens with zero attached hydrogens (tertiary/aromatic N) is 3. The van der Waals surface area contributed by atoms with Gasteiger partial charge in [-0.1, -0.05) is 6.42 Å². The minimum atomic E-state index is -0.939. The van der Waals surface area contributed by atoms with Crippen LogP contribution in [0.2, 0.25) is 0 Å². The number of aromatic nitrogens is 3. The summed E-state index contributed by atoms with van der Waals surface area (Å²) in [5.74, 6) is 2.09. The summed E-state index contributed by atoms with van der Waals surface area (Å²) in [5.41, 5.74) is 0.960. The van der Waals surface area contributed by atoms with Crippen LogP contribution in [0.4, 0.5) is 17.5 Å². The SMILES string of the molecule is C[C@@H]1COCCN1c1cc(C2(O)CCC3(CCC3)CC2)c(C=N)c(Nc2ccn[nH]2)n1. The highest BCUT2D eigenvalue weighted by molar-refractivity contribution is 5.89. The molecule has 4 N–H and O–H groups in total. The molecule has 1 aliphatic heterocycles. The highest BCUT2D eigenvalue weighted by Crippen LogP contribution is 2.56. The van der Waals surface area contributed by atoms with Crippen molar-refractivity contribution in [2.45, 2.75) is 63.5 Å². The molecule has 0 aromatic carbocycles. The molecule has 31 heavy (non-hydrogen) atoms. The number of pyridine rings is 1. The minimum Gasteiger partial charge on any atom is -0.385 e. The molecule has 0 amide bonds. The van der Waals surface area contributed by atoms with E-state index < -0.39 is 5.60 Å². The van der Waals surface area contributed by atoms with Crippen LogP contribution < -0.4 is 10.2 Å². The smallest absolute Gasteiger partial charge is 0.143 e. The van der Waals surface area contributed by atoms with Crippen LogP contribution in [-0.2, 0) is 10.3 Å². The van der Waals surface area contributed by atoms with Gasteiger partial charge in [-0.15, -0.1) is 0 Å². The third kappa shape index (κ3) is 3.72. The first-order valence-electron chi connectivity index (χ1n) is 11.4. The quantitative estimate of drug-likeness (QED) is 0.545. The normalized spacial score (nSPS) is 24.6. The van der Waals surface area contributed by atoms with Gasteiger partial charge in [-0.25, -0.2) is 4.98 Å². The molecule has 2 aromatic rings. The topological polar surface area (TPSA) is 110 Å². The van der Waals surface area contributed by atoms with Crippen molar-refractivity contribution in [2.24, 2.45) is 5.41 Å². The third-order valence-electron chi connectivity index (χ3n) is 7.66. The molecule has 3 aliphatic rings. The van der Waals surface area contributed by atoms with Crippen LogP contribution in [0.3, 0.4) is 0 Å². The summed E-state index contributed by atoms with van der Waals surface area (Å²) in [7, 11) is 0. The Morgan fingerprint density at radius 2 is 2.10 bits per heavy atom. The summed E-state index contributed by atoms with van der Waals surface area (Å²) in [6.45, 7) is 4.19. The molecule has 8 heteroatoms. The third-order valence-corrected chi connectivity index (χ3v) is 7.66. The van der Waals surface area contributed by atoms with Crippen molar-refractivity contribution in [3.8, 4) is 0 Å². The van der Waals surface area contributed by atoms with E-state index in [0.717, 1.165) is 43.6 Å². The van der Waals surface area contributed by atoms with Gasteiger partial charge in [-0.2, -0.15) is 5.10 Å². The lowest BCUT2D eigenvalue weighted by molar-refractivity contribution is -0.0629. The highest BCUT2D eigenvalue weighted by atomic mass is 16.5. The zero-order chi connectivity index (χ0) is 21.5. The maximum absolute atomic E-state index is 11.8. The molecule has 2 aromatic heterocycles. The van der Waals surface area contributed by atoms with E-state index in [1.807, 2.05) is 12.1 Å². The Morgan fingerprint density at radius 3 is 2.71 bits per heavy atom. The predicted molar refractivity (Wildman–Crippen MR) is 120 cm³/mol. The fraction of sp³-hybridized carbons (Fsp3) is 0.609. The number of aromatic amines is 1. The molecule has 0 unspecified atom stereocenters. The van der Waals surface area contributed by atoms with Crippen molar-refractivity contribution in [1.82, 2.24) is 15.2 Å². The number of rotatable bonds is 5. The number of morpholine rings is 1. The number of H-pyrrole nitrogens is 1. The van der Waals surface area contributed by atoms with E-state index in [0.29, 0.717) is 35.8 Å². The van der Waals surface area contributed by atoms with Crippen LogP contribution in [0.15, 0.2) is 18.3 Å². The molecule has 3 fully saturated rings. The van der Waals surface area contributed by atoms with Gasteiger partial charge in [0, 0.05) is 24.4 Å².